The van der Waals surface area contributed by atoms with Gasteiger partial charge in [-0.3, -0.25) is 4.79 Å². The van der Waals surface area contributed by atoms with Gasteiger partial charge in [0, 0.05) is 5.41 Å². The molecule has 44 heavy (non-hydrogen) atoms. The molecular formula is C38H52O6. The fourth-order valence-electron chi connectivity index (χ4n) is 11.9. The maximum atomic E-state index is 13.3. The van der Waals surface area contributed by atoms with Crippen LogP contribution in [-0.4, -0.2) is 34.2 Å². The Balaban J connectivity index is 1.31. The van der Waals surface area contributed by atoms with Crippen molar-refractivity contribution >= 4 is 17.9 Å². The standard InChI is InChI=1S/C38H52O6/c1-33(2)18-20-38(32(42)43)21-19-36(6)25(26(38)22-33)12-13-28-35(5)16-15-29(34(3,4)27(35)14-17-37(28,36)7)44-31(41)24-11-9-8-10-23(24)30(39)40/h8-12,26-29H,13-22H2,1-7H3,(H,39,40)(H,42,43)/t26-,27-,28+,29-,35-,36+,37+,38-/m0/s1. The summed E-state index contributed by atoms with van der Waals surface area (Å²) in [5.41, 5.74) is 0.857. The number of esters is 1. The van der Waals surface area contributed by atoms with E-state index in [9.17, 15) is 24.6 Å². The van der Waals surface area contributed by atoms with E-state index in [1.807, 2.05) is 0 Å². The minimum Gasteiger partial charge on any atom is -0.481 e. The Morgan fingerprint density at radius 1 is 0.795 bits per heavy atom. The third-order valence-corrected chi connectivity index (χ3v) is 14.6. The molecule has 0 spiro atoms. The number of carbonyl (C=O) groups excluding carboxylic acids is 1. The maximum Gasteiger partial charge on any atom is 0.339 e. The number of benzene rings is 1. The molecule has 240 valence electrons. The quantitative estimate of drug-likeness (QED) is 0.263. The summed E-state index contributed by atoms with van der Waals surface area (Å²) in [6, 6.07) is 6.30. The lowest BCUT2D eigenvalue weighted by molar-refractivity contribution is -0.205. The van der Waals surface area contributed by atoms with E-state index in [-0.39, 0.29) is 50.2 Å². The number of fused-ring (bicyclic) bond motifs is 7. The second-order valence-electron chi connectivity index (χ2n) is 17.3. The fourth-order valence-corrected chi connectivity index (χ4v) is 11.9. The van der Waals surface area contributed by atoms with E-state index in [0.29, 0.717) is 11.8 Å². The zero-order valence-electron chi connectivity index (χ0n) is 27.8. The van der Waals surface area contributed by atoms with Gasteiger partial charge in [-0.25, -0.2) is 9.59 Å². The lowest BCUT2D eigenvalue weighted by Crippen LogP contribution is -2.65. The minimum absolute atomic E-state index is 0.0248. The van der Waals surface area contributed by atoms with E-state index in [2.05, 4.69) is 54.5 Å². The fraction of sp³-hybridized carbons (Fsp3) is 0.711. The molecule has 0 bridgehead atoms. The van der Waals surface area contributed by atoms with Gasteiger partial charge in [0.25, 0.3) is 0 Å². The molecule has 6 nitrogen and oxygen atoms in total. The van der Waals surface area contributed by atoms with Crippen molar-refractivity contribution < 1.29 is 29.3 Å². The molecule has 4 saturated carbocycles. The van der Waals surface area contributed by atoms with Crippen molar-refractivity contribution in [2.75, 3.05) is 0 Å². The Hall–Kier alpha value is -2.63. The number of carboxylic acids is 2. The van der Waals surface area contributed by atoms with Gasteiger partial charge in [-0.15, -0.1) is 0 Å². The Morgan fingerprint density at radius 3 is 2.11 bits per heavy atom. The molecule has 0 aromatic heterocycles. The van der Waals surface area contributed by atoms with Crippen molar-refractivity contribution in [1.29, 1.82) is 0 Å². The SMILES string of the molecule is CC1(C)CC[C@]2(C(=O)O)CC[C@]3(C)C(=CC[C@@H]4[C@@]5(C)CC[C@H](OC(=O)c6ccccc6C(=O)O)C(C)(C)[C@@H]5CC[C@]43C)[C@@H]2C1. The first-order valence-corrected chi connectivity index (χ1v) is 16.9. The molecule has 5 aliphatic carbocycles. The molecular weight excluding hydrogens is 552 g/mol. The molecule has 1 aromatic rings. The molecule has 1 aromatic carbocycles. The van der Waals surface area contributed by atoms with Crippen LogP contribution in [0.4, 0.5) is 0 Å². The van der Waals surface area contributed by atoms with Gasteiger partial charge in [-0.05, 0) is 116 Å². The highest BCUT2D eigenvalue weighted by atomic mass is 16.5. The molecule has 0 heterocycles. The normalized spacial score (nSPS) is 41.9. The zero-order chi connectivity index (χ0) is 32.1. The average molecular weight is 605 g/mol. The van der Waals surface area contributed by atoms with Crippen LogP contribution in [0.1, 0.15) is 133 Å². The van der Waals surface area contributed by atoms with Crippen LogP contribution in [0.15, 0.2) is 35.9 Å². The average Bonchev–Trinajstić information content (AvgIpc) is 2.94. The van der Waals surface area contributed by atoms with Crippen LogP contribution in [0.2, 0.25) is 0 Å². The predicted molar refractivity (Wildman–Crippen MR) is 169 cm³/mol. The Kier molecular flexibility index (Phi) is 7.08. The molecule has 6 heteroatoms. The van der Waals surface area contributed by atoms with E-state index < -0.39 is 23.3 Å². The summed E-state index contributed by atoms with van der Waals surface area (Å²) in [7, 11) is 0. The van der Waals surface area contributed by atoms with Crippen molar-refractivity contribution in [3.63, 3.8) is 0 Å². The zero-order valence-corrected chi connectivity index (χ0v) is 27.8. The van der Waals surface area contributed by atoms with Gasteiger partial charge in [0.05, 0.1) is 16.5 Å². The summed E-state index contributed by atoms with van der Waals surface area (Å²) in [6.07, 6.45) is 11.4. The molecule has 0 saturated heterocycles. The summed E-state index contributed by atoms with van der Waals surface area (Å²) in [5, 5.41) is 20.3. The smallest absolute Gasteiger partial charge is 0.339 e. The number of aliphatic carboxylic acids is 1. The lowest BCUT2D eigenvalue weighted by atomic mass is 9.33. The molecule has 5 aliphatic rings. The molecule has 4 fully saturated rings. The number of carbonyl (C=O) groups is 3. The molecule has 0 radical (unpaired) electrons. The van der Waals surface area contributed by atoms with Crippen LogP contribution < -0.4 is 0 Å². The van der Waals surface area contributed by atoms with Gasteiger partial charge >= 0.3 is 17.9 Å². The first kappa shape index (κ1) is 31.4. The summed E-state index contributed by atoms with van der Waals surface area (Å²) < 4.78 is 6.19. The third-order valence-electron chi connectivity index (χ3n) is 14.6. The maximum absolute atomic E-state index is 13.3. The summed E-state index contributed by atoms with van der Waals surface area (Å²) in [6.45, 7) is 16.6. The van der Waals surface area contributed by atoms with Crippen molar-refractivity contribution in [2.45, 2.75) is 119 Å². The highest BCUT2D eigenvalue weighted by Gasteiger charge is 2.69. The summed E-state index contributed by atoms with van der Waals surface area (Å²) in [4.78, 5) is 38.1. The van der Waals surface area contributed by atoms with Crippen molar-refractivity contribution in [2.24, 2.45) is 50.2 Å². The number of ether oxygens (including phenoxy) is 1. The first-order valence-electron chi connectivity index (χ1n) is 16.9. The first-order chi connectivity index (χ1) is 20.4. The monoisotopic (exact) mass is 604 g/mol. The van der Waals surface area contributed by atoms with Gasteiger partial charge in [0.2, 0.25) is 0 Å². The molecule has 2 N–H and O–H groups in total. The van der Waals surface area contributed by atoms with Crippen LogP contribution in [0, 0.1) is 50.2 Å². The Morgan fingerprint density at radius 2 is 1.45 bits per heavy atom. The molecule has 6 rings (SSSR count). The topological polar surface area (TPSA) is 101 Å². The molecule has 8 atom stereocenters. The number of hydrogen-bond donors (Lipinski definition) is 2. The van der Waals surface area contributed by atoms with Gasteiger partial charge in [0.1, 0.15) is 6.10 Å². The van der Waals surface area contributed by atoms with Crippen LogP contribution in [0.5, 0.6) is 0 Å². The highest BCUT2D eigenvalue weighted by molar-refractivity contribution is 6.02. The second-order valence-corrected chi connectivity index (χ2v) is 17.3. The number of rotatable bonds is 4. The van der Waals surface area contributed by atoms with Gasteiger partial charge in [-0.2, -0.15) is 0 Å². The van der Waals surface area contributed by atoms with Crippen molar-refractivity contribution in [3.05, 3.63) is 47.0 Å². The number of aromatic carboxylic acids is 1. The number of hydrogen-bond acceptors (Lipinski definition) is 4. The van der Waals surface area contributed by atoms with Gasteiger partial charge < -0.3 is 14.9 Å². The molecule has 0 amide bonds. The third kappa shape index (κ3) is 4.21. The summed E-state index contributed by atoms with van der Waals surface area (Å²) in [5.74, 6) is -1.36. The van der Waals surface area contributed by atoms with Crippen LogP contribution >= 0.6 is 0 Å². The predicted octanol–water partition coefficient (Wildman–Crippen LogP) is 8.80. The van der Waals surface area contributed by atoms with E-state index in [4.69, 9.17) is 4.74 Å². The number of allylic oxidation sites excluding steroid dienone is 2. The largest absolute Gasteiger partial charge is 0.481 e. The highest BCUT2D eigenvalue weighted by Crippen LogP contribution is 2.75. The molecule has 0 aliphatic heterocycles. The van der Waals surface area contributed by atoms with Gasteiger partial charge in [-0.1, -0.05) is 72.2 Å². The van der Waals surface area contributed by atoms with Gasteiger partial charge in [0.15, 0.2) is 0 Å². The van der Waals surface area contributed by atoms with Crippen LogP contribution in [0.25, 0.3) is 0 Å². The van der Waals surface area contributed by atoms with Crippen LogP contribution in [-0.2, 0) is 9.53 Å². The lowest BCUT2D eigenvalue weighted by Gasteiger charge is -2.71. The van der Waals surface area contributed by atoms with Crippen molar-refractivity contribution in [1.82, 2.24) is 0 Å². The second kappa shape index (κ2) is 9.93. The minimum atomic E-state index is -1.13. The number of carboxylic acid groups (broad SMARTS) is 2. The van der Waals surface area contributed by atoms with Crippen LogP contribution in [0.3, 0.4) is 0 Å². The van der Waals surface area contributed by atoms with Crippen molar-refractivity contribution in [3.8, 4) is 0 Å². The Labute approximate surface area is 263 Å². The van der Waals surface area contributed by atoms with E-state index >= 15 is 0 Å². The summed E-state index contributed by atoms with van der Waals surface area (Å²) >= 11 is 0. The molecule has 0 unspecified atom stereocenters. The van der Waals surface area contributed by atoms with E-state index in [0.717, 1.165) is 64.2 Å². The van der Waals surface area contributed by atoms with E-state index in [1.165, 1.54) is 11.6 Å². The Bertz CT molecular complexity index is 1420. The van der Waals surface area contributed by atoms with E-state index in [1.54, 1.807) is 18.2 Å².